The summed E-state index contributed by atoms with van der Waals surface area (Å²) in [4.78, 5) is 0. The highest BCUT2D eigenvalue weighted by atomic mass is 35.5. The first-order valence-electron chi connectivity index (χ1n) is 4.55. The molecule has 0 saturated carbocycles. The summed E-state index contributed by atoms with van der Waals surface area (Å²) < 4.78 is 0. The number of rotatable bonds is 5. The summed E-state index contributed by atoms with van der Waals surface area (Å²) in [6.07, 6.45) is 7.86. The molecule has 0 rings (SSSR count). The van der Waals surface area contributed by atoms with Gasteiger partial charge in [-0.3, -0.25) is 0 Å². The predicted octanol–water partition coefficient (Wildman–Crippen LogP) is 4.51. The Morgan fingerprint density at radius 2 is 2.08 bits per heavy atom. The van der Waals surface area contributed by atoms with Gasteiger partial charge in [-0.1, -0.05) is 36.2 Å². The summed E-state index contributed by atoms with van der Waals surface area (Å²) in [7, 11) is 0. The Hall–Kier alpha value is -0.230. The maximum atomic E-state index is 5.44. The second kappa shape index (κ2) is 7.42. The van der Waals surface area contributed by atoms with Gasteiger partial charge in [0.25, 0.3) is 0 Å². The third-order valence-electron chi connectivity index (χ3n) is 1.84. The van der Waals surface area contributed by atoms with Gasteiger partial charge in [0.05, 0.1) is 0 Å². The lowest BCUT2D eigenvalue weighted by molar-refractivity contribution is 0.546. The third kappa shape index (κ3) is 7.87. The maximum Gasteiger partial charge on any atom is 0.000255 e. The monoisotopic (exact) mass is 186 g/mol. The molecule has 12 heavy (non-hydrogen) atoms. The molecule has 0 aliphatic rings. The van der Waals surface area contributed by atoms with Gasteiger partial charge < -0.3 is 0 Å². The molecule has 0 amide bonds. The maximum absolute atomic E-state index is 5.44. The van der Waals surface area contributed by atoms with Gasteiger partial charge in [-0.2, -0.15) is 0 Å². The predicted molar refractivity (Wildman–Crippen MR) is 57.4 cm³/mol. The first kappa shape index (κ1) is 11.8. The quantitative estimate of drug-likeness (QED) is 0.555. The lowest BCUT2D eigenvalue weighted by atomic mass is 10.0. The highest BCUT2D eigenvalue weighted by molar-refractivity contribution is 6.25. The van der Waals surface area contributed by atoms with Gasteiger partial charge in [-0.25, -0.2) is 0 Å². The van der Waals surface area contributed by atoms with Crippen LogP contribution in [0.3, 0.4) is 0 Å². The fourth-order valence-electron chi connectivity index (χ4n) is 1.06. The smallest absolute Gasteiger partial charge is 0.000255 e. The summed E-state index contributed by atoms with van der Waals surface area (Å²) in [5, 5.41) is 0. The van der Waals surface area contributed by atoms with Crippen molar-refractivity contribution in [3.63, 3.8) is 0 Å². The number of hydrogen-bond donors (Lipinski definition) is 0. The summed E-state index contributed by atoms with van der Waals surface area (Å²) in [5.74, 6) is 0.746. The van der Waals surface area contributed by atoms with E-state index in [1.165, 1.54) is 18.4 Å². The minimum atomic E-state index is 0.746. The van der Waals surface area contributed by atoms with Crippen LogP contribution in [0, 0.1) is 5.92 Å². The molecule has 1 heteroatoms. The molecule has 0 aliphatic heterocycles. The molecule has 70 valence electrons. The number of halogens is 1. The van der Waals surface area contributed by atoms with Crippen LogP contribution in [0.25, 0.3) is 0 Å². The van der Waals surface area contributed by atoms with Crippen LogP contribution in [0.5, 0.6) is 0 Å². The fourth-order valence-corrected chi connectivity index (χ4v) is 1.16. The number of allylic oxidation sites excluding steroid dienone is 3. The molecule has 0 aromatic heterocycles. The molecule has 0 aromatic rings. The zero-order chi connectivity index (χ0) is 9.40. The molecule has 0 nitrogen and oxygen atoms in total. The Kier molecular flexibility index (Phi) is 7.28. The van der Waals surface area contributed by atoms with Crippen LogP contribution in [0.4, 0.5) is 0 Å². The van der Waals surface area contributed by atoms with Gasteiger partial charge in [0.15, 0.2) is 0 Å². The van der Waals surface area contributed by atoms with Crippen molar-refractivity contribution >= 4 is 11.6 Å². The van der Waals surface area contributed by atoms with E-state index in [1.54, 1.807) is 5.54 Å². The van der Waals surface area contributed by atoms with Gasteiger partial charge >= 0.3 is 0 Å². The molecule has 1 unspecified atom stereocenters. The molecule has 0 N–H and O–H groups in total. The highest BCUT2D eigenvalue weighted by Crippen LogP contribution is 2.12. The molecular weight excluding hydrogens is 168 g/mol. The van der Waals surface area contributed by atoms with Crippen LogP contribution < -0.4 is 0 Å². The Bertz CT molecular complexity index is 152. The van der Waals surface area contributed by atoms with E-state index >= 15 is 0 Å². The standard InChI is InChI=1S/C11H19Cl/c1-10(2)6-4-7-11(3)8-5-9-12/h5-6,9,11H,4,7-8H2,1-3H3/b9-5+. The highest BCUT2D eigenvalue weighted by Gasteiger charge is 1.96. The molecule has 0 heterocycles. The third-order valence-corrected chi connectivity index (χ3v) is 2.02. The lowest BCUT2D eigenvalue weighted by Gasteiger charge is -2.05. The summed E-state index contributed by atoms with van der Waals surface area (Å²) in [6, 6.07) is 0. The zero-order valence-electron chi connectivity index (χ0n) is 8.31. The van der Waals surface area contributed by atoms with E-state index in [1.807, 2.05) is 6.08 Å². The number of hydrogen-bond acceptors (Lipinski definition) is 0. The van der Waals surface area contributed by atoms with E-state index in [2.05, 4.69) is 26.8 Å². The lowest BCUT2D eigenvalue weighted by Crippen LogP contribution is -1.90. The normalized spacial score (nSPS) is 13.3. The van der Waals surface area contributed by atoms with Crippen LogP contribution in [0.2, 0.25) is 0 Å². The van der Waals surface area contributed by atoms with Gasteiger partial charge in [-0.05, 0) is 39.0 Å². The van der Waals surface area contributed by atoms with Crippen molar-refractivity contribution in [2.75, 3.05) is 0 Å². The second-order valence-corrected chi connectivity index (χ2v) is 3.81. The SMILES string of the molecule is CC(C)=CCCC(C)C/C=C/Cl. The average Bonchev–Trinajstić information content (AvgIpc) is 2.00. The fraction of sp³-hybridized carbons (Fsp3) is 0.636. The Morgan fingerprint density at radius 3 is 2.58 bits per heavy atom. The van der Waals surface area contributed by atoms with E-state index in [9.17, 15) is 0 Å². The van der Waals surface area contributed by atoms with Crippen molar-refractivity contribution in [2.45, 2.75) is 40.0 Å². The summed E-state index contributed by atoms with van der Waals surface area (Å²) in [5.41, 5.74) is 3.02. The Balaban J connectivity index is 3.43. The van der Waals surface area contributed by atoms with Crippen molar-refractivity contribution in [2.24, 2.45) is 5.92 Å². The van der Waals surface area contributed by atoms with Gasteiger partial charge in [0.1, 0.15) is 0 Å². The van der Waals surface area contributed by atoms with Crippen LogP contribution in [-0.4, -0.2) is 0 Å². The van der Waals surface area contributed by atoms with Gasteiger partial charge in [0, 0.05) is 5.54 Å². The Labute approximate surface area is 81.3 Å². The minimum absolute atomic E-state index is 0.746. The van der Waals surface area contributed by atoms with E-state index in [0.29, 0.717) is 0 Å². The van der Waals surface area contributed by atoms with Crippen molar-refractivity contribution in [1.29, 1.82) is 0 Å². The van der Waals surface area contributed by atoms with E-state index < -0.39 is 0 Å². The Morgan fingerprint density at radius 1 is 1.42 bits per heavy atom. The van der Waals surface area contributed by atoms with E-state index in [0.717, 1.165) is 12.3 Å². The van der Waals surface area contributed by atoms with E-state index in [4.69, 9.17) is 11.6 Å². The van der Waals surface area contributed by atoms with Crippen LogP contribution >= 0.6 is 11.6 Å². The molecule has 0 radical (unpaired) electrons. The molecular formula is C11H19Cl. The van der Waals surface area contributed by atoms with E-state index in [-0.39, 0.29) is 0 Å². The molecule has 0 spiro atoms. The van der Waals surface area contributed by atoms with Crippen molar-refractivity contribution < 1.29 is 0 Å². The topological polar surface area (TPSA) is 0 Å². The first-order valence-corrected chi connectivity index (χ1v) is 4.99. The van der Waals surface area contributed by atoms with Crippen LogP contribution in [0.1, 0.15) is 40.0 Å². The summed E-state index contributed by atoms with van der Waals surface area (Å²) in [6.45, 7) is 6.54. The van der Waals surface area contributed by atoms with Crippen molar-refractivity contribution in [3.8, 4) is 0 Å². The van der Waals surface area contributed by atoms with Crippen LogP contribution in [0.15, 0.2) is 23.3 Å². The molecule has 0 bridgehead atoms. The largest absolute Gasteiger partial charge is 0.0933 e. The first-order chi connectivity index (χ1) is 5.66. The average molecular weight is 187 g/mol. The minimum Gasteiger partial charge on any atom is -0.0933 e. The molecule has 0 aromatic carbocycles. The molecule has 0 fully saturated rings. The van der Waals surface area contributed by atoms with Gasteiger partial charge in [-0.15, -0.1) is 0 Å². The van der Waals surface area contributed by atoms with Gasteiger partial charge in [0.2, 0.25) is 0 Å². The van der Waals surface area contributed by atoms with Crippen molar-refractivity contribution in [1.82, 2.24) is 0 Å². The summed E-state index contributed by atoms with van der Waals surface area (Å²) >= 11 is 5.44. The molecule has 0 saturated heterocycles. The molecule has 1 atom stereocenters. The van der Waals surface area contributed by atoms with Crippen LogP contribution in [-0.2, 0) is 0 Å². The second-order valence-electron chi connectivity index (χ2n) is 3.56. The zero-order valence-corrected chi connectivity index (χ0v) is 9.06. The van der Waals surface area contributed by atoms with Crippen molar-refractivity contribution in [3.05, 3.63) is 23.3 Å². The molecule has 0 aliphatic carbocycles.